The molecule has 126 valence electrons. The lowest BCUT2D eigenvalue weighted by Crippen LogP contribution is -2.19. The molecule has 1 rings (SSSR count). The first kappa shape index (κ1) is 20.5. The number of hydrogen-bond donors (Lipinski definition) is 4. The minimum Gasteiger partial charge on any atom is -0.480 e. The molecule has 6 heteroatoms. The average Bonchev–Trinajstić information content (AvgIpc) is 2.55. The topological polar surface area (TPSA) is 126 Å². The number of nitrogens with one attached hydrogen (secondary N) is 1. The standard InChI is InChI=1S/C16H22N2O2.CH4N2/c1-2-13-7-9-14(10-8-13)5-4-12-18-15(16(19)20)6-3-11-17;2-1-3/h4-5,7-10,12,15H,2-3,6,11,17H2,1H3,(H,19,20);1H,(H3,2,3)/b5-4+,18-12?;. The molecule has 0 aromatic heterocycles. The van der Waals surface area contributed by atoms with Crippen LogP contribution in [0.1, 0.15) is 30.9 Å². The van der Waals surface area contributed by atoms with Gasteiger partial charge in [-0.1, -0.05) is 37.3 Å². The molecule has 0 bridgehead atoms. The Morgan fingerprint density at radius 2 is 2.00 bits per heavy atom. The first-order valence-corrected chi connectivity index (χ1v) is 7.51. The molecule has 0 saturated carbocycles. The van der Waals surface area contributed by atoms with Gasteiger partial charge in [-0.15, -0.1) is 0 Å². The molecule has 1 atom stereocenters. The largest absolute Gasteiger partial charge is 0.480 e. The molecular weight excluding hydrogens is 292 g/mol. The van der Waals surface area contributed by atoms with Gasteiger partial charge in [-0.25, -0.2) is 4.79 Å². The van der Waals surface area contributed by atoms with Crippen LogP contribution in [0.3, 0.4) is 0 Å². The fraction of sp³-hybridized carbons (Fsp3) is 0.353. The van der Waals surface area contributed by atoms with Crippen LogP contribution in [-0.4, -0.2) is 36.2 Å². The summed E-state index contributed by atoms with van der Waals surface area (Å²) in [5.41, 5.74) is 12.1. The van der Waals surface area contributed by atoms with Gasteiger partial charge in [0.1, 0.15) is 6.04 Å². The van der Waals surface area contributed by atoms with E-state index in [0.717, 1.165) is 18.3 Å². The summed E-state index contributed by atoms with van der Waals surface area (Å²) >= 11 is 0. The maximum Gasteiger partial charge on any atom is 0.328 e. The third kappa shape index (κ3) is 9.97. The van der Waals surface area contributed by atoms with Gasteiger partial charge in [0.05, 0.1) is 6.34 Å². The van der Waals surface area contributed by atoms with E-state index in [9.17, 15) is 4.79 Å². The van der Waals surface area contributed by atoms with Crippen molar-refractivity contribution in [3.63, 3.8) is 0 Å². The fourth-order valence-corrected chi connectivity index (χ4v) is 1.75. The summed E-state index contributed by atoms with van der Waals surface area (Å²) in [5, 5.41) is 14.9. The van der Waals surface area contributed by atoms with Gasteiger partial charge in [0.25, 0.3) is 0 Å². The number of aliphatic imine (C=N–C) groups is 1. The number of aryl methyl sites for hydroxylation is 1. The molecule has 0 aliphatic carbocycles. The molecule has 6 N–H and O–H groups in total. The Morgan fingerprint density at radius 3 is 2.48 bits per heavy atom. The van der Waals surface area contributed by atoms with Crippen LogP contribution in [0.5, 0.6) is 0 Å². The molecule has 0 aliphatic heterocycles. The number of hydrogen-bond acceptors (Lipinski definition) is 4. The van der Waals surface area contributed by atoms with Crippen LogP contribution in [0.25, 0.3) is 6.08 Å². The van der Waals surface area contributed by atoms with Crippen LogP contribution in [0.4, 0.5) is 0 Å². The summed E-state index contributed by atoms with van der Waals surface area (Å²) in [4.78, 5) is 15.0. The van der Waals surface area contributed by atoms with Gasteiger partial charge in [0.15, 0.2) is 0 Å². The molecule has 0 saturated heterocycles. The van der Waals surface area contributed by atoms with Crippen molar-refractivity contribution in [1.82, 2.24) is 0 Å². The average molecular weight is 318 g/mol. The Bertz CT molecular complexity index is 510. The molecule has 1 unspecified atom stereocenters. The van der Waals surface area contributed by atoms with E-state index in [1.165, 1.54) is 5.56 Å². The minimum absolute atomic E-state index is 0.474. The molecule has 1 aromatic carbocycles. The van der Waals surface area contributed by atoms with E-state index in [2.05, 4.69) is 29.8 Å². The van der Waals surface area contributed by atoms with E-state index in [4.69, 9.17) is 16.2 Å². The van der Waals surface area contributed by atoms with Crippen LogP contribution in [0.15, 0.2) is 35.3 Å². The number of carbonyl (C=O) groups is 1. The lowest BCUT2D eigenvalue weighted by atomic mass is 10.1. The smallest absolute Gasteiger partial charge is 0.328 e. The van der Waals surface area contributed by atoms with Crippen LogP contribution in [-0.2, 0) is 11.2 Å². The molecule has 1 aromatic rings. The van der Waals surface area contributed by atoms with Gasteiger partial charge in [-0.2, -0.15) is 0 Å². The number of rotatable bonds is 8. The monoisotopic (exact) mass is 318 g/mol. The summed E-state index contributed by atoms with van der Waals surface area (Å²) in [6.45, 7) is 2.60. The van der Waals surface area contributed by atoms with Crippen molar-refractivity contribution >= 4 is 24.6 Å². The number of benzene rings is 1. The van der Waals surface area contributed by atoms with E-state index < -0.39 is 12.0 Å². The van der Waals surface area contributed by atoms with Crippen LogP contribution in [0.2, 0.25) is 0 Å². The number of nitrogens with zero attached hydrogens (tertiary/aromatic N) is 1. The zero-order chi connectivity index (χ0) is 17.5. The maximum absolute atomic E-state index is 11.0. The second-order valence-electron chi connectivity index (χ2n) is 4.70. The number of nitrogens with two attached hydrogens (primary N) is 2. The summed E-state index contributed by atoms with van der Waals surface area (Å²) < 4.78 is 0. The highest BCUT2D eigenvalue weighted by Crippen LogP contribution is 2.06. The zero-order valence-corrected chi connectivity index (χ0v) is 13.5. The fourth-order valence-electron chi connectivity index (χ4n) is 1.75. The van der Waals surface area contributed by atoms with Crippen molar-refractivity contribution in [1.29, 1.82) is 5.41 Å². The molecular formula is C17H26N4O2. The van der Waals surface area contributed by atoms with Gasteiger partial charge in [-0.05, 0) is 43.0 Å². The summed E-state index contributed by atoms with van der Waals surface area (Å²) in [6.07, 6.45) is 8.12. The van der Waals surface area contributed by atoms with Crippen LogP contribution < -0.4 is 11.5 Å². The molecule has 0 radical (unpaired) electrons. The Hall–Kier alpha value is -2.47. The summed E-state index contributed by atoms with van der Waals surface area (Å²) in [6, 6.07) is 7.53. The van der Waals surface area contributed by atoms with Gasteiger partial charge in [-0.3, -0.25) is 10.4 Å². The molecule has 6 nitrogen and oxygen atoms in total. The highest BCUT2D eigenvalue weighted by molar-refractivity contribution is 5.82. The van der Waals surface area contributed by atoms with Crippen molar-refractivity contribution < 1.29 is 9.90 Å². The Balaban J connectivity index is 0.00000149. The van der Waals surface area contributed by atoms with E-state index in [1.807, 2.05) is 18.2 Å². The van der Waals surface area contributed by atoms with Crippen molar-refractivity contribution in [2.45, 2.75) is 32.2 Å². The Labute approximate surface area is 137 Å². The quantitative estimate of drug-likeness (QED) is 0.432. The summed E-state index contributed by atoms with van der Waals surface area (Å²) in [5.74, 6) is -0.907. The number of aliphatic carboxylic acids is 1. The van der Waals surface area contributed by atoms with Crippen molar-refractivity contribution in [3.05, 3.63) is 41.5 Å². The van der Waals surface area contributed by atoms with Crippen molar-refractivity contribution in [2.24, 2.45) is 16.5 Å². The highest BCUT2D eigenvalue weighted by atomic mass is 16.4. The highest BCUT2D eigenvalue weighted by Gasteiger charge is 2.13. The second-order valence-corrected chi connectivity index (χ2v) is 4.70. The third-order valence-corrected chi connectivity index (χ3v) is 3.00. The van der Waals surface area contributed by atoms with Gasteiger partial charge < -0.3 is 16.6 Å². The van der Waals surface area contributed by atoms with Crippen LogP contribution >= 0.6 is 0 Å². The van der Waals surface area contributed by atoms with E-state index >= 15 is 0 Å². The van der Waals surface area contributed by atoms with E-state index in [1.54, 1.807) is 12.3 Å². The summed E-state index contributed by atoms with van der Waals surface area (Å²) in [7, 11) is 0. The SMILES string of the molecule is CCc1ccc(/C=C/C=NC(CCCN)C(=O)O)cc1.N=CN. The zero-order valence-electron chi connectivity index (χ0n) is 13.5. The van der Waals surface area contributed by atoms with Gasteiger partial charge in [0, 0.05) is 6.21 Å². The Kier molecular flexibility index (Phi) is 11.8. The van der Waals surface area contributed by atoms with Crippen molar-refractivity contribution in [2.75, 3.05) is 6.54 Å². The second kappa shape index (κ2) is 13.2. The number of allylic oxidation sites excluding steroid dienone is 1. The first-order chi connectivity index (χ1) is 11.1. The molecule has 0 spiro atoms. The molecule has 0 aliphatic rings. The predicted octanol–water partition coefficient (Wildman–Crippen LogP) is 2.08. The number of carboxylic acids is 1. The predicted molar refractivity (Wildman–Crippen MR) is 96.0 cm³/mol. The van der Waals surface area contributed by atoms with Gasteiger partial charge in [0.2, 0.25) is 0 Å². The van der Waals surface area contributed by atoms with E-state index in [0.29, 0.717) is 19.4 Å². The maximum atomic E-state index is 11.0. The Morgan fingerprint density at radius 1 is 1.39 bits per heavy atom. The van der Waals surface area contributed by atoms with Crippen molar-refractivity contribution in [3.8, 4) is 0 Å². The normalized spacial score (nSPS) is 11.9. The molecule has 0 fully saturated rings. The first-order valence-electron chi connectivity index (χ1n) is 7.51. The molecule has 0 heterocycles. The van der Waals surface area contributed by atoms with E-state index in [-0.39, 0.29) is 0 Å². The van der Waals surface area contributed by atoms with Crippen LogP contribution in [0, 0.1) is 5.41 Å². The number of carboxylic acid groups (broad SMARTS) is 1. The lowest BCUT2D eigenvalue weighted by Gasteiger charge is -2.04. The molecule has 23 heavy (non-hydrogen) atoms. The van der Waals surface area contributed by atoms with Gasteiger partial charge >= 0.3 is 5.97 Å². The lowest BCUT2D eigenvalue weighted by molar-refractivity contribution is -0.138. The minimum atomic E-state index is -0.907. The third-order valence-electron chi connectivity index (χ3n) is 3.00. The molecule has 0 amide bonds.